The molecule has 0 radical (unpaired) electrons. The van der Waals surface area contributed by atoms with Crippen LogP contribution in [0.4, 0.5) is 14.6 Å². The Labute approximate surface area is 136 Å². The lowest BCUT2D eigenvalue weighted by molar-refractivity contribution is 0.456. The predicted octanol–water partition coefficient (Wildman–Crippen LogP) is 2.80. The van der Waals surface area contributed by atoms with Crippen molar-refractivity contribution in [1.29, 1.82) is 0 Å². The molecule has 6 nitrogen and oxygen atoms in total. The summed E-state index contributed by atoms with van der Waals surface area (Å²) >= 11 is 0. The summed E-state index contributed by atoms with van der Waals surface area (Å²) in [6, 6.07) is 2.26. The molecule has 124 valence electrons. The van der Waals surface area contributed by atoms with Crippen LogP contribution in [0.15, 0.2) is 24.8 Å². The maximum Gasteiger partial charge on any atom is 0.165 e. The van der Waals surface area contributed by atoms with E-state index in [9.17, 15) is 8.78 Å². The number of imidazole rings is 1. The maximum atomic E-state index is 13.7. The normalized spacial score (nSPS) is 14.2. The summed E-state index contributed by atoms with van der Waals surface area (Å²) in [5, 5.41) is 12.2. The number of hydrogen-bond donors (Lipinski definition) is 2. The van der Waals surface area contributed by atoms with E-state index in [1.807, 2.05) is 4.57 Å². The van der Waals surface area contributed by atoms with E-state index in [1.165, 1.54) is 6.33 Å². The molecule has 3 aromatic rings. The summed E-state index contributed by atoms with van der Waals surface area (Å²) in [5.74, 6) is -1.41. The van der Waals surface area contributed by atoms with Crippen molar-refractivity contribution in [3.8, 4) is 5.75 Å². The SMILES string of the molecule is Oc1cc(F)c(CCNc2ncnc3c2ncn3C2CC2)c(F)c1. The van der Waals surface area contributed by atoms with E-state index in [0.717, 1.165) is 30.6 Å². The first kappa shape index (κ1) is 14.8. The molecule has 1 aliphatic carbocycles. The molecule has 8 heteroatoms. The van der Waals surface area contributed by atoms with Crippen LogP contribution in [0.5, 0.6) is 5.75 Å². The number of fused-ring (bicyclic) bond motifs is 1. The molecule has 1 saturated carbocycles. The van der Waals surface area contributed by atoms with Crippen LogP contribution in [-0.2, 0) is 6.42 Å². The van der Waals surface area contributed by atoms with Crippen molar-refractivity contribution >= 4 is 17.0 Å². The zero-order valence-electron chi connectivity index (χ0n) is 12.7. The van der Waals surface area contributed by atoms with Gasteiger partial charge in [0, 0.05) is 30.3 Å². The number of aromatic hydroxyl groups is 1. The maximum absolute atomic E-state index is 13.7. The van der Waals surface area contributed by atoms with Crippen LogP contribution in [0.1, 0.15) is 24.4 Å². The Morgan fingerprint density at radius 1 is 1.17 bits per heavy atom. The van der Waals surface area contributed by atoms with Gasteiger partial charge in [-0.15, -0.1) is 0 Å². The van der Waals surface area contributed by atoms with Crippen molar-refractivity contribution < 1.29 is 13.9 Å². The molecule has 0 bridgehead atoms. The second-order valence-corrected chi connectivity index (χ2v) is 5.84. The van der Waals surface area contributed by atoms with E-state index in [-0.39, 0.29) is 18.5 Å². The summed E-state index contributed by atoms with van der Waals surface area (Å²) in [5.41, 5.74) is 1.34. The first-order valence-corrected chi connectivity index (χ1v) is 7.72. The highest BCUT2D eigenvalue weighted by Crippen LogP contribution is 2.37. The molecule has 2 heterocycles. The van der Waals surface area contributed by atoms with Gasteiger partial charge in [0.2, 0.25) is 0 Å². The van der Waals surface area contributed by atoms with Crippen LogP contribution in [0.25, 0.3) is 11.2 Å². The van der Waals surface area contributed by atoms with E-state index in [2.05, 4.69) is 20.3 Å². The average molecular weight is 331 g/mol. The minimum absolute atomic E-state index is 0.0749. The molecule has 24 heavy (non-hydrogen) atoms. The lowest BCUT2D eigenvalue weighted by Crippen LogP contribution is -2.09. The topological polar surface area (TPSA) is 75.9 Å². The fraction of sp³-hybridized carbons (Fsp3) is 0.312. The van der Waals surface area contributed by atoms with Gasteiger partial charge in [-0.3, -0.25) is 0 Å². The van der Waals surface area contributed by atoms with Gasteiger partial charge in [-0.05, 0) is 19.3 Å². The smallest absolute Gasteiger partial charge is 0.165 e. The quantitative estimate of drug-likeness (QED) is 0.752. The minimum atomic E-state index is -0.764. The first-order chi connectivity index (χ1) is 11.6. The van der Waals surface area contributed by atoms with Gasteiger partial charge in [0.05, 0.1) is 6.33 Å². The molecule has 0 atom stereocenters. The largest absolute Gasteiger partial charge is 0.508 e. The van der Waals surface area contributed by atoms with Crippen molar-refractivity contribution in [2.45, 2.75) is 25.3 Å². The van der Waals surface area contributed by atoms with Crippen molar-refractivity contribution in [1.82, 2.24) is 19.5 Å². The standard InChI is InChI=1S/C16H15F2N5O/c17-12-5-10(24)6-13(18)11(12)3-4-19-15-14-16(21-7-20-15)23(8-22-14)9-1-2-9/h5-9,24H,1-4H2,(H,19,20,21). The zero-order valence-corrected chi connectivity index (χ0v) is 12.7. The van der Waals surface area contributed by atoms with E-state index >= 15 is 0 Å². The van der Waals surface area contributed by atoms with E-state index in [1.54, 1.807) is 6.33 Å². The Bertz CT molecular complexity index is 884. The van der Waals surface area contributed by atoms with Crippen LogP contribution in [0, 0.1) is 11.6 Å². The molecule has 0 unspecified atom stereocenters. The first-order valence-electron chi connectivity index (χ1n) is 7.72. The molecular weight excluding hydrogens is 316 g/mol. The van der Waals surface area contributed by atoms with Crippen molar-refractivity contribution in [3.63, 3.8) is 0 Å². The molecular formula is C16H15F2N5O. The number of nitrogens with one attached hydrogen (secondary N) is 1. The Kier molecular flexibility index (Phi) is 3.51. The third kappa shape index (κ3) is 2.64. The molecule has 1 aliphatic rings. The number of benzene rings is 1. The highest BCUT2D eigenvalue weighted by atomic mass is 19.1. The van der Waals surface area contributed by atoms with E-state index in [4.69, 9.17) is 5.11 Å². The number of phenols is 1. The Morgan fingerprint density at radius 3 is 2.62 bits per heavy atom. The van der Waals surface area contributed by atoms with Gasteiger partial charge in [0.25, 0.3) is 0 Å². The number of rotatable bonds is 5. The molecule has 0 spiro atoms. The van der Waals surface area contributed by atoms with Crippen LogP contribution in [0.3, 0.4) is 0 Å². The summed E-state index contributed by atoms with van der Waals surface area (Å²) in [4.78, 5) is 12.8. The van der Waals surface area contributed by atoms with Gasteiger partial charge in [0.1, 0.15) is 29.2 Å². The third-order valence-electron chi connectivity index (χ3n) is 4.09. The van der Waals surface area contributed by atoms with E-state index in [0.29, 0.717) is 17.4 Å². The number of nitrogens with zero attached hydrogens (tertiary/aromatic N) is 4. The summed E-state index contributed by atoms with van der Waals surface area (Å²) < 4.78 is 29.5. The second kappa shape index (κ2) is 5.70. The molecule has 0 aliphatic heterocycles. The van der Waals surface area contributed by atoms with Gasteiger partial charge in [0.15, 0.2) is 11.5 Å². The van der Waals surface area contributed by atoms with Crippen molar-refractivity contribution in [2.75, 3.05) is 11.9 Å². The number of hydrogen-bond acceptors (Lipinski definition) is 5. The Morgan fingerprint density at radius 2 is 1.92 bits per heavy atom. The number of phenolic OH excluding ortho intramolecular Hbond substituents is 1. The minimum Gasteiger partial charge on any atom is -0.508 e. The summed E-state index contributed by atoms with van der Waals surface area (Å²) in [6.45, 7) is 0.279. The highest BCUT2D eigenvalue weighted by molar-refractivity contribution is 5.82. The fourth-order valence-electron chi connectivity index (χ4n) is 2.74. The second-order valence-electron chi connectivity index (χ2n) is 5.84. The Balaban J connectivity index is 1.51. The molecule has 0 amide bonds. The van der Waals surface area contributed by atoms with Gasteiger partial charge < -0.3 is 15.0 Å². The molecule has 4 rings (SSSR count). The van der Waals surface area contributed by atoms with Gasteiger partial charge in [-0.2, -0.15) is 0 Å². The van der Waals surface area contributed by atoms with E-state index < -0.39 is 17.4 Å². The summed E-state index contributed by atoms with van der Waals surface area (Å²) in [6.07, 6.45) is 5.57. The Hall–Kier alpha value is -2.77. The molecule has 2 aromatic heterocycles. The van der Waals surface area contributed by atoms with Gasteiger partial charge in [-0.1, -0.05) is 0 Å². The average Bonchev–Trinajstić information content (AvgIpc) is 3.29. The monoisotopic (exact) mass is 331 g/mol. The van der Waals surface area contributed by atoms with Crippen molar-refractivity contribution in [3.05, 3.63) is 42.0 Å². The number of halogens is 2. The molecule has 1 fully saturated rings. The van der Waals surface area contributed by atoms with Crippen LogP contribution >= 0.6 is 0 Å². The fourth-order valence-corrected chi connectivity index (χ4v) is 2.74. The third-order valence-corrected chi connectivity index (χ3v) is 4.09. The van der Waals surface area contributed by atoms with Crippen LogP contribution in [0.2, 0.25) is 0 Å². The number of aromatic nitrogens is 4. The van der Waals surface area contributed by atoms with Crippen molar-refractivity contribution in [2.24, 2.45) is 0 Å². The van der Waals surface area contributed by atoms with Crippen LogP contribution in [-0.4, -0.2) is 31.2 Å². The zero-order chi connectivity index (χ0) is 16.7. The van der Waals surface area contributed by atoms with Gasteiger partial charge in [-0.25, -0.2) is 23.7 Å². The summed E-state index contributed by atoms with van der Waals surface area (Å²) in [7, 11) is 0. The highest BCUT2D eigenvalue weighted by Gasteiger charge is 2.26. The lowest BCUT2D eigenvalue weighted by Gasteiger charge is -2.08. The lowest BCUT2D eigenvalue weighted by atomic mass is 10.1. The molecule has 0 saturated heterocycles. The molecule has 2 N–H and O–H groups in total. The molecule has 1 aromatic carbocycles. The predicted molar refractivity (Wildman–Crippen MR) is 83.8 cm³/mol. The van der Waals surface area contributed by atoms with Gasteiger partial charge >= 0.3 is 0 Å². The number of anilines is 1. The van der Waals surface area contributed by atoms with Crippen LogP contribution < -0.4 is 5.32 Å².